The van der Waals surface area contributed by atoms with Crippen molar-refractivity contribution in [2.45, 2.75) is 18.3 Å². The maximum atomic E-state index is 13.5. The van der Waals surface area contributed by atoms with Gasteiger partial charge in [-0.2, -0.15) is 0 Å². The molecule has 1 fully saturated rings. The molecule has 2 aromatic rings. The van der Waals surface area contributed by atoms with Crippen molar-refractivity contribution >= 4 is 39.1 Å². The molecule has 0 aliphatic carbocycles. The number of halogens is 2. The summed E-state index contributed by atoms with van der Waals surface area (Å²) in [6, 6.07) is 9.79. The lowest BCUT2D eigenvalue weighted by molar-refractivity contribution is -0.135. The Hall–Kier alpha value is -1.53. The van der Waals surface area contributed by atoms with Crippen LogP contribution in [0.4, 0.5) is 4.39 Å². The van der Waals surface area contributed by atoms with E-state index in [1.54, 1.807) is 12.1 Å². The summed E-state index contributed by atoms with van der Waals surface area (Å²) in [6.45, 7) is 0. The Morgan fingerprint density at radius 3 is 2.71 bits per heavy atom. The van der Waals surface area contributed by atoms with Gasteiger partial charge >= 0.3 is 0 Å². The standard InChI is InChI=1S/C15H11BrFNO2S/c16-12-5-4-11(21-12)10-7-13(19)18-15(20)14(10)8-2-1-3-9(17)6-8/h1-6,10,14H,7H2,(H,18,19,20). The summed E-state index contributed by atoms with van der Waals surface area (Å²) in [5.41, 5.74) is 0.592. The normalized spacial score (nSPS) is 22.2. The Morgan fingerprint density at radius 1 is 1.24 bits per heavy atom. The maximum Gasteiger partial charge on any atom is 0.234 e. The van der Waals surface area contributed by atoms with Gasteiger partial charge in [-0.25, -0.2) is 4.39 Å². The monoisotopic (exact) mass is 367 g/mol. The first-order chi connectivity index (χ1) is 10.0. The number of nitrogens with one attached hydrogen (secondary N) is 1. The summed E-state index contributed by atoms with van der Waals surface area (Å²) in [5.74, 6) is -1.86. The van der Waals surface area contributed by atoms with E-state index < -0.39 is 5.92 Å². The molecule has 1 N–H and O–H groups in total. The van der Waals surface area contributed by atoms with E-state index in [-0.39, 0.29) is 30.0 Å². The van der Waals surface area contributed by atoms with Crippen LogP contribution in [0.15, 0.2) is 40.2 Å². The number of carbonyl (C=O) groups excluding carboxylic acids is 2. The number of hydrogen-bond acceptors (Lipinski definition) is 3. The predicted molar refractivity (Wildman–Crippen MR) is 81.7 cm³/mol. The number of amides is 2. The van der Waals surface area contributed by atoms with Crippen molar-refractivity contribution in [1.29, 1.82) is 0 Å². The number of carbonyl (C=O) groups is 2. The number of piperidine rings is 1. The minimum Gasteiger partial charge on any atom is -0.296 e. The van der Waals surface area contributed by atoms with Crippen LogP contribution in [0.25, 0.3) is 0 Å². The van der Waals surface area contributed by atoms with E-state index >= 15 is 0 Å². The van der Waals surface area contributed by atoms with Gasteiger partial charge in [0.05, 0.1) is 9.70 Å². The van der Waals surface area contributed by atoms with E-state index in [9.17, 15) is 14.0 Å². The summed E-state index contributed by atoms with van der Waals surface area (Å²) in [4.78, 5) is 24.9. The highest BCUT2D eigenvalue weighted by atomic mass is 79.9. The van der Waals surface area contributed by atoms with Gasteiger partial charge in [0.15, 0.2) is 0 Å². The van der Waals surface area contributed by atoms with E-state index in [0.717, 1.165) is 8.66 Å². The Labute approximate surface area is 133 Å². The summed E-state index contributed by atoms with van der Waals surface area (Å²) in [7, 11) is 0. The molecule has 6 heteroatoms. The third-order valence-electron chi connectivity index (χ3n) is 3.52. The second-order valence-electron chi connectivity index (χ2n) is 4.90. The van der Waals surface area contributed by atoms with Crippen molar-refractivity contribution in [3.63, 3.8) is 0 Å². The summed E-state index contributed by atoms with van der Waals surface area (Å²) < 4.78 is 14.4. The first kappa shape index (κ1) is 14.4. The van der Waals surface area contributed by atoms with Gasteiger partial charge in [-0.1, -0.05) is 12.1 Å². The zero-order valence-corrected chi connectivity index (χ0v) is 13.2. The topological polar surface area (TPSA) is 46.2 Å². The summed E-state index contributed by atoms with van der Waals surface area (Å²) in [5, 5.41) is 2.35. The lowest BCUT2D eigenvalue weighted by atomic mass is 9.79. The maximum absolute atomic E-state index is 13.5. The van der Waals surface area contributed by atoms with Crippen molar-refractivity contribution in [1.82, 2.24) is 5.32 Å². The molecule has 1 aliphatic heterocycles. The molecular weight excluding hydrogens is 357 g/mol. The van der Waals surface area contributed by atoms with Crippen molar-refractivity contribution < 1.29 is 14.0 Å². The van der Waals surface area contributed by atoms with Gasteiger partial charge in [0.1, 0.15) is 5.82 Å². The van der Waals surface area contributed by atoms with Crippen LogP contribution in [0.5, 0.6) is 0 Å². The fourth-order valence-electron chi connectivity index (χ4n) is 2.64. The number of benzene rings is 1. The van der Waals surface area contributed by atoms with Crippen LogP contribution in [-0.4, -0.2) is 11.8 Å². The first-order valence-corrected chi connectivity index (χ1v) is 8.00. The molecule has 0 bridgehead atoms. The molecule has 3 rings (SSSR count). The van der Waals surface area contributed by atoms with Gasteiger partial charge in [0.25, 0.3) is 0 Å². The van der Waals surface area contributed by atoms with Crippen LogP contribution < -0.4 is 5.32 Å². The Balaban J connectivity index is 2.04. The molecular formula is C15H11BrFNO2S. The molecule has 0 spiro atoms. The smallest absolute Gasteiger partial charge is 0.234 e. The lowest BCUT2D eigenvalue weighted by Gasteiger charge is -2.29. The number of hydrogen-bond donors (Lipinski definition) is 1. The van der Waals surface area contributed by atoms with Crippen LogP contribution >= 0.6 is 27.3 Å². The van der Waals surface area contributed by atoms with Gasteiger partial charge in [-0.15, -0.1) is 11.3 Å². The fourth-order valence-corrected chi connectivity index (χ4v) is 4.20. The third-order valence-corrected chi connectivity index (χ3v) is 5.28. The molecule has 1 aliphatic rings. The predicted octanol–water partition coefficient (Wildman–Crippen LogP) is 3.56. The number of thiophene rings is 1. The number of rotatable bonds is 2. The zero-order valence-electron chi connectivity index (χ0n) is 10.8. The molecule has 21 heavy (non-hydrogen) atoms. The lowest BCUT2D eigenvalue weighted by Crippen LogP contribution is -2.43. The van der Waals surface area contributed by atoms with Crippen LogP contribution in [-0.2, 0) is 9.59 Å². The summed E-state index contributed by atoms with van der Waals surface area (Å²) in [6.07, 6.45) is 0.222. The molecule has 1 aromatic heterocycles. The Morgan fingerprint density at radius 2 is 2.05 bits per heavy atom. The minimum atomic E-state index is -0.552. The molecule has 108 valence electrons. The quantitative estimate of drug-likeness (QED) is 0.824. The van der Waals surface area contributed by atoms with Gasteiger partial charge in [0, 0.05) is 17.2 Å². The zero-order chi connectivity index (χ0) is 15.0. The van der Waals surface area contributed by atoms with Gasteiger partial charge < -0.3 is 0 Å². The van der Waals surface area contributed by atoms with Gasteiger partial charge in [-0.3, -0.25) is 14.9 Å². The van der Waals surface area contributed by atoms with E-state index in [2.05, 4.69) is 21.2 Å². The molecule has 2 heterocycles. The second kappa shape index (κ2) is 5.69. The fraction of sp³-hybridized carbons (Fsp3) is 0.200. The average molecular weight is 368 g/mol. The van der Waals surface area contributed by atoms with E-state index in [4.69, 9.17) is 0 Å². The molecule has 1 aromatic carbocycles. The highest BCUT2D eigenvalue weighted by Crippen LogP contribution is 2.42. The number of imide groups is 1. The van der Waals surface area contributed by atoms with E-state index in [0.29, 0.717) is 5.56 Å². The molecule has 1 saturated heterocycles. The van der Waals surface area contributed by atoms with Crippen LogP contribution in [0.2, 0.25) is 0 Å². The molecule has 2 atom stereocenters. The van der Waals surface area contributed by atoms with Crippen molar-refractivity contribution in [2.75, 3.05) is 0 Å². The minimum absolute atomic E-state index is 0.222. The van der Waals surface area contributed by atoms with Crippen molar-refractivity contribution in [2.24, 2.45) is 0 Å². The van der Waals surface area contributed by atoms with Gasteiger partial charge in [-0.05, 0) is 45.8 Å². The van der Waals surface area contributed by atoms with Crippen molar-refractivity contribution in [3.8, 4) is 0 Å². The molecule has 2 amide bonds. The Kier molecular flexibility index (Phi) is 3.91. The molecule has 0 radical (unpaired) electrons. The van der Waals surface area contributed by atoms with E-state index in [1.165, 1.54) is 23.5 Å². The third kappa shape index (κ3) is 2.91. The van der Waals surface area contributed by atoms with Crippen LogP contribution in [0.3, 0.4) is 0 Å². The van der Waals surface area contributed by atoms with Crippen LogP contribution in [0, 0.1) is 5.82 Å². The first-order valence-electron chi connectivity index (χ1n) is 6.39. The van der Waals surface area contributed by atoms with Gasteiger partial charge in [0.2, 0.25) is 11.8 Å². The summed E-state index contributed by atoms with van der Waals surface area (Å²) >= 11 is 4.88. The highest BCUT2D eigenvalue weighted by molar-refractivity contribution is 9.11. The molecule has 3 nitrogen and oxygen atoms in total. The largest absolute Gasteiger partial charge is 0.296 e. The second-order valence-corrected chi connectivity index (χ2v) is 7.39. The van der Waals surface area contributed by atoms with Crippen LogP contribution in [0.1, 0.15) is 28.7 Å². The SMILES string of the molecule is O=C1CC(c2ccc(Br)s2)C(c2cccc(F)c2)C(=O)N1. The molecule has 2 unspecified atom stereocenters. The average Bonchev–Trinajstić information content (AvgIpc) is 2.84. The molecule has 0 saturated carbocycles. The highest BCUT2D eigenvalue weighted by Gasteiger charge is 2.38. The van der Waals surface area contributed by atoms with Crippen molar-refractivity contribution in [3.05, 3.63) is 56.4 Å². The van der Waals surface area contributed by atoms with E-state index in [1.807, 2.05) is 12.1 Å². The Bertz CT molecular complexity index is 715.